The summed E-state index contributed by atoms with van der Waals surface area (Å²) >= 11 is 5.81. The average molecular weight is 291 g/mol. The summed E-state index contributed by atoms with van der Waals surface area (Å²) in [5, 5.41) is 14.1. The molecule has 0 radical (unpaired) electrons. The van der Waals surface area contributed by atoms with Crippen LogP contribution >= 0.6 is 11.6 Å². The molecule has 3 heterocycles. The number of nitrogens with two attached hydrogens (primary N) is 1. The van der Waals surface area contributed by atoms with Crippen LogP contribution in [0.1, 0.15) is 11.3 Å². The highest BCUT2D eigenvalue weighted by Gasteiger charge is 2.11. The Balaban J connectivity index is 2.02. The minimum atomic E-state index is -0.0314. The minimum absolute atomic E-state index is 0.0314. The molecule has 0 spiro atoms. The Morgan fingerprint density at radius 3 is 3.00 bits per heavy atom. The summed E-state index contributed by atoms with van der Waals surface area (Å²) in [5.41, 5.74) is 7.88. The van der Waals surface area contributed by atoms with Gasteiger partial charge < -0.3 is 10.8 Å². The number of hydrogen-bond acceptors (Lipinski definition) is 6. The van der Waals surface area contributed by atoms with E-state index in [0.29, 0.717) is 23.4 Å². The quantitative estimate of drug-likeness (QED) is 0.698. The Morgan fingerprint density at radius 2 is 2.20 bits per heavy atom. The summed E-state index contributed by atoms with van der Waals surface area (Å²) in [6.45, 7) is 0.375. The third-order valence-corrected chi connectivity index (χ3v) is 3.04. The van der Waals surface area contributed by atoms with Gasteiger partial charge in [-0.3, -0.25) is 4.98 Å². The van der Waals surface area contributed by atoms with Gasteiger partial charge in [-0.25, -0.2) is 9.67 Å². The van der Waals surface area contributed by atoms with Gasteiger partial charge in [-0.15, -0.1) is 0 Å². The van der Waals surface area contributed by atoms with Gasteiger partial charge in [0.2, 0.25) is 5.28 Å². The predicted octanol–water partition coefficient (Wildman–Crippen LogP) is 0.997. The Hall–Kier alpha value is -2.25. The monoisotopic (exact) mass is 290 g/mol. The van der Waals surface area contributed by atoms with Crippen LogP contribution in [0.15, 0.2) is 24.5 Å². The molecule has 0 saturated heterocycles. The van der Waals surface area contributed by atoms with Gasteiger partial charge in [0.15, 0.2) is 5.65 Å². The van der Waals surface area contributed by atoms with Crippen LogP contribution in [0.3, 0.4) is 0 Å². The molecular formula is C12H11ClN6O. The second kappa shape index (κ2) is 5.03. The van der Waals surface area contributed by atoms with Crippen molar-refractivity contribution in [1.29, 1.82) is 0 Å². The van der Waals surface area contributed by atoms with Crippen LogP contribution in [-0.2, 0) is 13.2 Å². The Morgan fingerprint density at radius 1 is 1.35 bits per heavy atom. The zero-order valence-corrected chi connectivity index (χ0v) is 11.1. The second-order valence-electron chi connectivity index (χ2n) is 4.23. The van der Waals surface area contributed by atoms with E-state index in [1.807, 2.05) is 0 Å². The molecule has 8 heteroatoms. The number of halogens is 1. The molecule has 3 rings (SSSR count). The zero-order valence-electron chi connectivity index (χ0n) is 10.4. The van der Waals surface area contributed by atoms with Gasteiger partial charge >= 0.3 is 0 Å². The first-order chi connectivity index (χ1) is 9.67. The molecule has 0 atom stereocenters. The van der Waals surface area contributed by atoms with Gasteiger partial charge in [0, 0.05) is 6.20 Å². The van der Waals surface area contributed by atoms with E-state index in [1.165, 1.54) is 0 Å². The Bertz CT molecular complexity index is 772. The van der Waals surface area contributed by atoms with Crippen molar-refractivity contribution in [3.63, 3.8) is 0 Å². The lowest BCUT2D eigenvalue weighted by Gasteiger charge is -2.04. The number of aromatic nitrogens is 5. The molecule has 102 valence electrons. The van der Waals surface area contributed by atoms with Crippen LogP contribution in [-0.4, -0.2) is 29.8 Å². The number of anilines is 1. The molecule has 0 aromatic carbocycles. The largest absolute Gasteiger partial charge is 0.392 e. The predicted molar refractivity (Wildman–Crippen MR) is 74.0 cm³/mol. The maximum atomic E-state index is 9.13. The summed E-state index contributed by atoms with van der Waals surface area (Å²) in [6, 6.07) is 3.56. The Kier molecular flexibility index (Phi) is 3.21. The summed E-state index contributed by atoms with van der Waals surface area (Å²) in [7, 11) is 0. The summed E-state index contributed by atoms with van der Waals surface area (Å²) in [4.78, 5) is 12.2. The molecule has 20 heavy (non-hydrogen) atoms. The fourth-order valence-corrected chi connectivity index (χ4v) is 2.10. The minimum Gasteiger partial charge on any atom is -0.392 e. The van der Waals surface area contributed by atoms with Crippen LogP contribution in [0, 0.1) is 0 Å². The highest BCUT2D eigenvalue weighted by atomic mass is 35.5. The molecule has 7 nitrogen and oxygen atoms in total. The van der Waals surface area contributed by atoms with Crippen molar-refractivity contribution < 1.29 is 5.11 Å². The lowest BCUT2D eigenvalue weighted by molar-refractivity contribution is 0.281. The molecule has 3 N–H and O–H groups in total. The van der Waals surface area contributed by atoms with Crippen LogP contribution < -0.4 is 5.73 Å². The highest BCUT2D eigenvalue weighted by Crippen LogP contribution is 2.19. The second-order valence-corrected chi connectivity index (χ2v) is 4.57. The zero-order chi connectivity index (χ0) is 14.1. The smallest absolute Gasteiger partial charge is 0.226 e. The van der Waals surface area contributed by atoms with Crippen LogP contribution in [0.4, 0.5) is 5.82 Å². The van der Waals surface area contributed by atoms with Crippen molar-refractivity contribution in [3.05, 3.63) is 41.1 Å². The summed E-state index contributed by atoms with van der Waals surface area (Å²) in [6.07, 6.45) is 3.24. The van der Waals surface area contributed by atoms with E-state index in [9.17, 15) is 0 Å². The topological polar surface area (TPSA) is 103 Å². The lowest BCUT2D eigenvalue weighted by Crippen LogP contribution is -2.05. The van der Waals surface area contributed by atoms with Gasteiger partial charge in [-0.2, -0.15) is 10.1 Å². The number of aliphatic hydroxyl groups is 1. The SMILES string of the molecule is Nc1nc(Cl)nc2c1cnn2Cc1cc(CO)ccn1. The average Bonchev–Trinajstić information content (AvgIpc) is 2.82. The fourth-order valence-electron chi connectivity index (χ4n) is 1.93. The fraction of sp³-hybridized carbons (Fsp3) is 0.167. The lowest BCUT2D eigenvalue weighted by atomic mass is 10.2. The maximum Gasteiger partial charge on any atom is 0.226 e. The van der Waals surface area contributed by atoms with Crippen molar-refractivity contribution in [2.75, 3.05) is 5.73 Å². The van der Waals surface area contributed by atoms with Crippen molar-refractivity contribution in [2.24, 2.45) is 0 Å². The maximum absolute atomic E-state index is 9.13. The third-order valence-electron chi connectivity index (χ3n) is 2.87. The van der Waals surface area contributed by atoms with Crippen LogP contribution in [0.25, 0.3) is 11.0 Å². The van der Waals surface area contributed by atoms with E-state index in [4.69, 9.17) is 22.4 Å². The number of rotatable bonds is 3. The highest BCUT2D eigenvalue weighted by molar-refractivity contribution is 6.28. The summed E-state index contributed by atoms with van der Waals surface area (Å²) < 4.78 is 1.64. The molecule has 0 fully saturated rings. The number of hydrogen-bond donors (Lipinski definition) is 2. The number of nitrogens with zero attached hydrogens (tertiary/aromatic N) is 5. The normalized spacial score (nSPS) is 11.1. The molecule has 0 bridgehead atoms. The first kappa shape index (κ1) is 12.8. The van der Waals surface area contributed by atoms with Gasteiger partial charge in [0.05, 0.1) is 30.4 Å². The van der Waals surface area contributed by atoms with Crippen molar-refractivity contribution in [1.82, 2.24) is 24.7 Å². The van der Waals surface area contributed by atoms with Gasteiger partial charge in [-0.05, 0) is 29.3 Å². The standard InChI is InChI=1S/C12H11ClN6O/c13-12-17-10(14)9-4-16-19(11(9)18-12)5-8-3-7(6-20)1-2-15-8/h1-4,20H,5-6H2,(H2,14,17,18). The molecule has 0 aliphatic heterocycles. The molecular weight excluding hydrogens is 280 g/mol. The summed E-state index contributed by atoms with van der Waals surface area (Å²) in [5.74, 6) is 0.295. The van der Waals surface area contributed by atoms with Crippen molar-refractivity contribution in [2.45, 2.75) is 13.2 Å². The third kappa shape index (κ3) is 2.28. The molecule has 3 aromatic rings. The van der Waals surface area contributed by atoms with Crippen molar-refractivity contribution >= 4 is 28.5 Å². The van der Waals surface area contributed by atoms with Gasteiger partial charge in [-0.1, -0.05) is 0 Å². The molecule has 0 amide bonds. The molecule has 3 aromatic heterocycles. The van der Waals surface area contributed by atoms with E-state index in [-0.39, 0.29) is 11.9 Å². The molecule has 0 unspecified atom stereocenters. The molecule has 0 aliphatic carbocycles. The number of aliphatic hydroxyl groups excluding tert-OH is 1. The van der Waals surface area contributed by atoms with Gasteiger partial charge in [0.25, 0.3) is 0 Å². The number of pyridine rings is 1. The van der Waals surface area contributed by atoms with E-state index in [1.54, 1.807) is 29.2 Å². The first-order valence-corrected chi connectivity index (χ1v) is 6.24. The van der Waals surface area contributed by atoms with Crippen LogP contribution in [0.2, 0.25) is 5.28 Å². The Labute approximate surface area is 119 Å². The molecule has 0 aliphatic rings. The number of fused-ring (bicyclic) bond motifs is 1. The van der Waals surface area contributed by atoms with Crippen LogP contribution in [0.5, 0.6) is 0 Å². The first-order valence-electron chi connectivity index (χ1n) is 5.86. The van der Waals surface area contributed by atoms with Gasteiger partial charge in [0.1, 0.15) is 5.82 Å². The number of nitrogen functional groups attached to an aromatic ring is 1. The van der Waals surface area contributed by atoms with E-state index < -0.39 is 0 Å². The molecule has 0 saturated carbocycles. The van der Waals surface area contributed by atoms with E-state index in [2.05, 4.69) is 20.1 Å². The van der Waals surface area contributed by atoms with Crippen molar-refractivity contribution in [3.8, 4) is 0 Å². The van der Waals surface area contributed by atoms with E-state index in [0.717, 1.165) is 11.3 Å². The van der Waals surface area contributed by atoms with E-state index >= 15 is 0 Å².